The number of thiazole rings is 1. The molecule has 1 heterocycles. The predicted molar refractivity (Wildman–Crippen MR) is 111 cm³/mol. The molecule has 1 amide bonds. The quantitative estimate of drug-likeness (QED) is 0.722. The summed E-state index contributed by atoms with van der Waals surface area (Å²) >= 11 is 1.70. The number of rotatable bonds is 5. The third-order valence-corrected chi connectivity index (χ3v) is 6.55. The number of carbonyl (C=O) groups excluding carboxylic acids is 1. The topological polar surface area (TPSA) is 46.4 Å². The number of halogens is 1. The summed E-state index contributed by atoms with van der Waals surface area (Å²) in [6.45, 7) is 3.04. The van der Waals surface area contributed by atoms with Crippen molar-refractivity contribution in [2.24, 2.45) is 4.99 Å². The molecule has 148 valence electrons. The van der Waals surface area contributed by atoms with Crippen LogP contribution in [0.4, 0.5) is 0 Å². The van der Waals surface area contributed by atoms with E-state index in [9.17, 15) is 4.79 Å². The van der Waals surface area contributed by atoms with E-state index in [-0.39, 0.29) is 18.3 Å². The van der Waals surface area contributed by atoms with Crippen LogP contribution in [-0.4, -0.2) is 22.6 Å². The van der Waals surface area contributed by atoms with Crippen LogP contribution >= 0.6 is 23.7 Å². The van der Waals surface area contributed by atoms with Gasteiger partial charge < -0.3 is 9.88 Å². The number of nitrogens with zero attached hydrogens (tertiary/aromatic N) is 2. The maximum Gasteiger partial charge on any atom is 0.226 e. The van der Waals surface area contributed by atoms with Crippen LogP contribution < -0.4 is 10.1 Å². The molecule has 2 saturated carbocycles. The van der Waals surface area contributed by atoms with Gasteiger partial charge in [0, 0.05) is 23.7 Å². The van der Waals surface area contributed by atoms with E-state index in [1.54, 1.807) is 11.3 Å². The van der Waals surface area contributed by atoms with Crippen LogP contribution in [-0.2, 0) is 17.8 Å². The molecule has 0 saturated heterocycles. The van der Waals surface area contributed by atoms with E-state index in [2.05, 4.69) is 22.2 Å². The van der Waals surface area contributed by atoms with Crippen molar-refractivity contribution in [1.82, 2.24) is 9.88 Å². The molecule has 0 bridgehead atoms. The minimum atomic E-state index is 0. The normalized spacial score (nSPS) is 20.4. The van der Waals surface area contributed by atoms with E-state index in [0.29, 0.717) is 18.5 Å². The fourth-order valence-corrected chi connectivity index (χ4v) is 5.22. The fraction of sp³-hybridized carbons (Fsp3) is 0.800. The third kappa shape index (κ3) is 6.12. The third-order valence-electron chi connectivity index (χ3n) is 5.62. The second-order valence-electron chi connectivity index (χ2n) is 7.61. The standard InChI is InChI=1S/C20H33N3OS.ClH/c1-2-23-18(14-19(24)21-16-10-6-3-4-7-11-16)15-25-20(23)22-17-12-8-5-9-13-17;/h15-17H,2-14H2,1H3,(H,21,24);1H. The smallest absolute Gasteiger partial charge is 0.226 e. The molecule has 4 nitrogen and oxygen atoms in total. The largest absolute Gasteiger partial charge is 0.353 e. The number of carbonyl (C=O) groups is 1. The highest BCUT2D eigenvalue weighted by Crippen LogP contribution is 2.20. The van der Waals surface area contributed by atoms with Gasteiger partial charge in [0.25, 0.3) is 0 Å². The summed E-state index contributed by atoms with van der Waals surface area (Å²) in [6.07, 6.45) is 14.3. The molecule has 1 aromatic rings. The maximum atomic E-state index is 12.5. The zero-order valence-electron chi connectivity index (χ0n) is 16.0. The van der Waals surface area contributed by atoms with Gasteiger partial charge in [-0.3, -0.25) is 9.79 Å². The number of nitrogens with one attached hydrogen (secondary N) is 1. The minimum Gasteiger partial charge on any atom is -0.353 e. The zero-order chi connectivity index (χ0) is 17.5. The van der Waals surface area contributed by atoms with Gasteiger partial charge in [0.1, 0.15) is 0 Å². The molecule has 0 spiro atoms. The van der Waals surface area contributed by atoms with Crippen molar-refractivity contribution in [3.63, 3.8) is 0 Å². The van der Waals surface area contributed by atoms with Crippen molar-refractivity contribution in [3.8, 4) is 0 Å². The van der Waals surface area contributed by atoms with Crippen molar-refractivity contribution in [1.29, 1.82) is 0 Å². The van der Waals surface area contributed by atoms with E-state index >= 15 is 0 Å². The molecule has 0 aromatic carbocycles. The molecule has 6 heteroatoms. The molecular formula is C20H34ClN3OS. The molecule has 2 aliphatic rings. The Morgan fingerprint density at radius 2 is 1.73 bits per heavy atom. The van der Waals surface area contributed by atoms with Crippen LogP contribution in [0, 0.1) is 0 Å². The SMILES string of the molecule is CCn1c(CC(=O)NC2CCCCCC2)csc1=NC1CCCCC1.Cl. The average molecular weight is 400 g/mol. The first kappa shape index (κ1) is 21.5. The molecule has 3 rings (SSSR count). The Morgan fingerprint density at radius 1 is 1.12 bits per heavy atom. The number of aromatic nitrogens is 1. The molecule has 0 aliphatic heterocycles. The van der Waals surface area contributed by atoms with Crippen molar-refractivity contribution < 1.29 is 4.79 Å². The molecule has 1 N–H and O–H groups in total. The van der Waals surface area contributed by atoms with Gasteiger partial charge in [-0.1, -0.05) is 44.9 Å². The van der Waals surface area contributed by atoms with Gasteiger partial charge >= 0.3 is 0 Å². The first-order valence-electron chi connectivity index (χ1n) is 10.3. The Bertz CT molecular complexity index is 611. The second kappa shape index (κ2) is 11.1. The molecule has 26 heavy (non-hydrogen) atoms. The number of hydrogen-bond acceptors (Lipinski definition) is 3. The Labute approximate surface area is 167 Å². The minimum absolute atomic E-state index is 0. The molecule has 0 unspecified atom stereocenters. The van der Waals surface area contributed by atoms with E-state index in [0.717, 1.165) is 29.9 Å². The second-order valence-corrected chi connectivity index (χ2v) is 8.44. The van der Waals surface area contributed by atoms with E-state index in [1.165, 1.54) is 57.8 Å². The van der Waals surface area contributed by atoms with Gasteiger partial charge in [0.15, 0.2) is 4.80 Å². The summed E-state index contributed by atoms with van der Waals surface area (Å²) in [5.41, 5.74) is 1.12. The zero-order valence-corrected chi connectivity index (χ0v) is 17.7. The highest BCUT2D eigenvalue weighted by atomic mass is 35.5. The molecular weight excluding hydrogens is 366 g/mol. The highest BCUT2D eigenvalue weighted by Gasteiger charge is 2.17. The lowest BCUT2D eigenvalue weighted by molar-refractivity contribution is -0.121. The van der Waals surface area contributed by atoms with Crippen LogP contribution in [0.1, 0.15) is 83.2 Å². The molecule has 2 fully saturated rings. The first-order chi connectivity index (χ1) is 12.3. The molecule has 1 aromatic heterocycles. The first-order valence-corrected chi connectivity index (χ1v) is 11.1. The monoisotopic (exact) mass is 399 g/mol. The Morgan fingerprint density at radius 3 is 2.38 bits per heavy atom. The summed E-state index contributed by atoms with van der Waals surface area (Å²) in [5.74, 6) is 0.177. The van der Waals surface area contributed by atoms with Crippen molar-refractivity contribution in [2.75, 3.05) is 0 Å². The van der Waals surface area contributed by atoms with Gasteiger partial charge in [0.2, 0.25) is 5.91 Å². The van der Waals surface area contributed by atoms with Gasteiger partial charge in [-0.25, -0.2) is 0 Å². The van der Waals surface area contributed by atoms with Crippen LogP contribution in [0.3, 0.4) is 0 Å². The van der Waals surface area contributed by atoms with Crippen LogP contribution in [0.25, 0.3) is 0 Å². The highest BCUT2D eigenvalue weighted by molar-refractivity contribution is 7.07. The molecule has 0 radical (unpaired) electrons. The van der Waals surface area contributed by atoms with Gasteiger partial charge in [0.05, 0.1) is 12.5 Å². The van der Waals surface area contributed by atoms with Crippen LogP contribution in [0.15, 0.2) is 10.4 Å². The van der Waals surface area contributed by atoms with E-state index < -0.39 is 0 Å². The maximum absolute atomic E-state index is 12.5. The number of hydrogen-bond donors (Lipinski definition) is 1. The van der Waals surface area contributed by atoms with Gasteiger partial charge in [-0.2, -0.15) is 0 Å². The summed E-state index contributed by atoms with van der Waals surface area (Å²) in [7, 11) is 0. The van der Waals surface area contributed by atoms with Crippen molar-refractivity contribution in [3.05, 3.63) is 15.9 Å². The van der Waals surface area contributed by atoms with Crippen LogP contribution in [0.2, 0.25) is 0 Å². The van der Waals surface area contributed by atoms with Crippen molar-refractivity contribution >= 4 is 29.7 Å². The number of amides is 1. The molecule has 2 aliphatic carbocycles. The summed E-state index contributed by atoms with van der Waals surface area (Å²) in [6, 6.07) is 0.868. The Balaban J connectivity index is 0.00000243. The van der Waals surface area contributed by atoms with Crippen LogP contribution in [0.5, 0.6) is 0 Å². The molecule has 0 atom stereocenters. The lowest BCUT2D eigenvalue weighted by atomic mass is 9.96. The lowest BCUT2D eigenvalue weighted by Crippen LogP contribution is -2.36. The summed E-state index contributed by atoms with van der Waals surface area (Å²) in [5, 5.41) is 5.41. The van der Waals surface area contributed by atoms with Gasteiger partial charge in [-0.05, 0) is 32.6 Å². The average Bonchev–Trinajstić information content (AvgIpc) is 2.81. The van der Waals surface area contributed by atoms with Gasteiger partial charge in [-0.15, -0.1) is 23.7 Å². The lowest BCUT2D eigenvalue weighted by Gasteiger charge is -2.17. The van der Waals surface area contributed by atoms with E-state index in [1.807, 2.05) is 0 Å². The summed E-state index contributed by atoms with van der Waals surface area (Å²) < 4.78 is 2.24. The predicted octanol–water partition coefficient (Wildman–Crippen LogP) is 4.61. The van der Waals surface area contributed by atoms with E-state index in [4.69, 9.17) is 4.99 Å². The summed E-state index contributed by atoms with van der Waals surface area (Å²) in [4.78, 5) is 18.6. The van der Waals surface area contributed by atoms with Crippen molar-refractivity contribution in [2.45, 2.75) is 103 Å². The fourth-order valence-electron chi connectivity index (χ4n) is 4.18. The Kier molecular flexibility index (Phi) is 9.20. The Hall–Kier alpha value is -0.810.